The maximum absolute atomic E-state index is 10.9. The molecule has 0 aromatic rings. The van der Waals surface area contributed by atoms with Crippen molar-refractivity contribution in [3.63, 3.8) is 0 Å². The van der Waals surface area contributed by atoms with Crippen molar-refractivity contribution in [2.24, 2.45) is 0 Å². The summed E-state index contributed by atoms with van der Waals surface area (Å²) in [6.45, 7) is 3.16. The van der Waals surface area contributed by atoms with Crippen LogP contribution in [0.2, 0.25) is 0 Å². The van der Waals surface area contributed by atoms with Gasteiger partial charge >= 0.3 is 5.97 Å². The second-order valence-corrected chi connectivity index (χ2v) is 4.01. The van der Waals surface area contributed by atoms with Gasteiger partial charge < -0.3 is 15.4 Å². The van der Waals surface area contributed by atoms with Gasteiger partial charge in [0.25, 0.3) is 0 Å². The van der Waals surface area contributed by atoms with Crippen LogP contribution in [0.25, 0.3) is 0 Å². The first-order valence-corrected chi connectivity index (χ1v) is 5.84. The van der Waals surface area contributed by atoms with E-state index in [4.69, 9.17) is 0 Å². The minimum atomic E-state index is -0.112. The maximum atomic E-state index is 10.9. The predicted molar refractivity (Wildman–Crippen MR) is 59.8 cm³/mol. The third-order valence-electron chi connectivity index (χ3n) is 2.79. The molecule has 1 atom stereocenters. The van der Waals surface area contributed by atoms with Crippen LogP contribution in [0.3, 0.4) is 0 Å². The summed E-state index contributed by atoms with van der Waals surface area (Å²) in [7, 11) is 1.44. The number of hydrogen-bond donors (Lipinski definition) is 2. The van der Waals surface area contributed by atoms with Gasteiger partial charge in [-0.05, 0) is 45.3 Å². The minimum absolute atomic E-state index is 0.112. The second-order valence-electron chi connectivity index (χ2n) is 4.01. The van der Waals surface area contributed by atoms with E-state index in [1.54, 1.807) is 0 Å². The summed E-state index contributed by atoms with van der Waals surface area (Å²) in [4.78, 5) is 10.9. The Kier molecular flexibility index (Phi) is 6.36. The summed E-state index contributed by atoms with van der Waals surface area (Å²) in [6, 6.07) is 0.623. The molecule has 0 amide bonds. The zero-order chi connectivity index (χ0) is 10.9. The second kappa shape index (κ2) is 7.65. The lowest BCUT2D eigenvalue weighted by molar-refractivity contribution is -0.140. The molecule has 2 N–H and O–H groups in total. The molecule has 15 heavy (non-hydrogen) atoms. The van der Waals surface area contributed by atoms with Crippen LogP contribution < -0.4 is 10.6 Å². The average Bonchev–Trinajstić information content (AvgIpc) is 2.52. The molecule has 1 aliphatic heterocycles. The molecule has 0 aromatic heterocycles. The van der Waals surface area contributed by atoms with E-state index >= 15 is 0 Å². The summed E-state index contributed by atoms with van der Waals surface area (Å²) < 4.78 is 4.59. The minimum Gasteiger partial charge on any atom is -0.469 e. The number of hydrogen-bond acceptors (Lipinski definition) is 4. The van der Waals surface area contributed by atoms with Crippen LogP contribution in [0, 0.1) is 0 Å². The van der Waals surface area contributed by atoms with Crippen LogP contribution in [-0.4, -0.2) is 38.8 Å². The molecule has 1 saturated heterocycles. The Hall–Kier alpha value is -0.610. The van der Waals surface area contributed by atoms with Crippen LogP contribution in [0.15, 0.2) is 0 Å². The van der Waals surface area contributed by atoms with Crippen molar-refractivity contribution in [1.29, 1.82) is 0 Å². The van der Waals surface area contributed by atoms with Gasteiger partial charge in [0, 0.05) is 12.5 Å². The van der Waals surface area contributed by atoms with E-state index < -0.39 is 0 Å². The Morgan fingerprint density at radius 2 is 2.33 bits per heavy atom. The van der Waals surface area contributed by atoms with Crippen molar-refractivity contribution in [2.75, 3.05) is 26.7 Å². The predicted octanol–water partition coefficient (Wildman–Crippen LogP) is 0.671. The van der Waals surface area contributed by atoms with Gasteiger partial charge in [0.2, 0.25) is 0 Å². The SMILES string of the molecule is COC(=O)CCCNC1CCCNCC1. The number of nitrogens with one attached hydrogen (secondary N) is 2. The summed E-state index contributed by atoms with van der Waals surface area (Å²) in [5, 5.41) is 6.87. The molecular formula is C11H22N2O2. The number of carbonyl (C=O) groups excluding carboxylic acids is 1. The van der Waals surface area contributed by atoms with Gasteiger partial charge in [-0.1, -0.05) is 0 Å². The number of carbonyl (C=O) groups is 1. The first-order chi connectivity index (χ1) is 7.33. The fourth-order valence-electron chi connectivity index (χ4n) is 1.86. The van der Waals surface area contributed by atoms with Crippen molar-refractivity contribution < 1.29 is 9.53 Å². The van der Waals surface area contributed by atoms with Crippen molar-refractivity contribution in [3.05, 3.63) is 0 Å². The topological polar surface area (TPSA) is 50.4 Å². The zero-order valence-corrected chi connectivity index (χ0v) is 9.55. The summed E-state index contributed by atoms with van der Waals surface area (Å²) >= 11 is 0. The monoisotopic (exact) mass is 214 g/mol. The molecule has 0 saturated carbocycles. The van der Waals surface area contributed by atoms with Crippen LogP contribution in [0.5, 0.6) is 0 Å². The molecule has 1 fully saturated rings. The highest BCUT2D eigenvalue weighted by atomic mass is 16.5. The number of methoxy groups -OCH3 is 1. The molecule has 1 unspecified atom stereocenters. The fraction of sp³-hybridized carbons (Fsp3) is 0.909. The van der Waals surface area contributed by atoms with Gasteiger partial charge in [-0.3, -0.25) is 4.79 Å². The first kappa shape index (κ1) is 12.5. The van der Waals surface area contributed by atoms with Crippen LogP contribution in [-0.2, 0) is 9.53 Å². The summed E-state index contributed by atoms with van der Waals surface area (Å²) in [5.74, 6) is -0.112. The molecule has 0 aliphatic carbocycles. The molecule has 0 spiro atoms. The number of rotatable bonds is 5. The van der Waals surface area contributed by atoms with E-state index in [2.05, 4.69) is 15.4 Å². The Labute approximate surface area is 91.8 Å². The van der Waals surface area contributed by atoms with Gasteiger partial charge in [-0.25, -0.2) is 0 Å². The Bertz CT molecular complexity index is 177. The summed E-state index contributed by atoms with van der Waals surface area (Å²) in [5.41, 5.74) is 0. The van der Waals surface area contributed by atoms with Gasteiger partial charge in [-0.15, -0.1) is 0 Å². The number of ether oxygens (including phenoxy) is 1. The third-order valence-corrected chi connectivity index (χ3v) is 2.79. The largest absolute Gasteiger partial charge is 0.469 e. The van der Waals surface area contributed by atoms with Crippen molar-refractivity contribution in [2.45, 2.75) is 38.1 Å². The van der Waals surface area contributed by atoms with E-state index in [0.717, 1.165) is 26.1 Å². The molecular weight excluding hydrogens is 192 g/mol. The highest BCUT2D eigenvalue weighted by Gasteiger charge is 2.10. The van der Waals surface area contributed by atoms with Gasteiger partial charge in [0.1, 0.15) is 0 Å². The smallest absolute Gasteiger partial charge is 0.305 e. The zero-order valence-electron chi connectivity index (χ0n) is 9.55. The van der Waals surface area contributed by atoms with Crippen molar-refractivity contribution in [1.82, 2.24) is 10.6 Å². The average molecular weight is 214 g/mol. The van der Waals surface area contributed by atoms with Crippen LogP contribution >= 0.6 is 0 Å². The van der Waals surface area contributed by atoms with Crippen molar-refractivity contribution in [3.8, 4) is 0 Å². The highest BCUT2D eigenvalue weighted by Crippen LogP contribution is 2.04. The molecule has 1 heterocycles. The molecule has 0 bridgehead atoms. The van der Waals surface area contributed by atoms with E-state index in [-0.39, 0.29) is 5.97 Å². The fourth-order valence-corrected chi connectivity index (χ4v) is 1.86. The quantitative estimate of drug-likeness (QED) is 0.522. The standard InChI is InChI=1S/C11H22N2O2/c1-15-11(14)5-3-8-13-10-4-2-7-12-9-6-10/h10,12-13H,2-9H2,1H3. The normalized spacial score (nSPS) is 22.1. The van der Waals surface area contributed by atoms with Crippen LogP contribution in [0.1, 0.15) is 32.1 Å². The van der Waals surface area contributed by atoms with Crippen molar-refractivity contribution >= 4 is 5.97 Å². The molecule has 1 rings (SSSR count). The molecule has 0 aromatic carbocycles. The lowest BCUT2D eigenvalue weighted by atomic mass is 10.1. The maximum Gasteiger partial charge on any atom is 0.305 e. The lowest BCUT2D eigenvalue weighted by Gasteiger charge is -2.15. The molecule has 4 nitrogen and oxygen atoms in total. The third kappa shape index (κ3) is 5.74. The Morgan fingerprint density at radius 1 is 1.47 bits per heavy atom. The van der Waals surface area contributed by atoms with E-state index in [1.165, 1.54) is 26.4 Å². The molecule has 1 aliphatic rings. The Morgan fingerprint density at radius 3 is 3.13 bits per heavy atom. The Balaban J connectivity index is 2.00. The summed E-state index contributed by atoms with van der Waals surface area (Å²) in [6.07, 6.45) is 5.07. The highest BCUT2D eigenvalue weighted by molar-refractivity contribution is 5.69. The van der Waals surface area contributed by atoms with E-state index in [0.29, 0.717) is 12.5 Å². The molecule has 0 radical (unpaired) electrons. The first-order valence-electron chi connectivity index (χ1n) is 5.84. The van der Waals surface area contributed by atoms with Gasteiger partial charge in [0.05, 0.1) is 7.11 Å². The van der Waals surface area contributed by atoms with E-state index in [1.807, 2.05) is 0 Å². The van der Waals surface area contributed by atoms with Gasteiger partial charge in [-0.2, -0.15) is 0 Å². The molecule has 4 heteroatoms. The van der Waals surface area contributed by atoms with Crippen LogP contribution in [0.4, 0.5) is 0 Å². The lowest BCUT2D eigenvalue weighted by Crippen LogP contribution is -2.31. The van der Waals surface area contributed by atoms with Gasteiger partial charge in [0.15, 0.2) is 0 Å². The number of esters is 1. The van der Waals surface area contributed by atoms with E-state index in [9.17, 15) is 4.79 Å². The molecule has 88 valence electrons.